The molecule has 3 nitrogen and oxygen atoms in total. The van der Waals surface area contributed by atoms with Crippen molar-refractivity contribution in [2.75, 3.05) is 0 Å². The van der Waals surface area contributed by atoms with Gasteiger partial charge < -0.3 is 0 Å². The molecule has 2 aliphatic rings. The Balaban J connectivity index is 0.000000466. The third-order valence-electron chi connectivity index (χ3n) is 9.57. The number of hydrogen-bond donors (Lipinski definition) is 0. The van der Waals surface area contributed by atoms with E-state index in [-0.39, 0.29) is 16.9 Å². The molecule has 0 aliphatic heterocycles. The molecule has 0 amide bonds. The van der Waals surface area contributed by atoms with Gasteiger partial charge >= 0.3 is 0 Å². The highest BCUT2D eigenvalue weighted by Gasteiger charge is 2.53. The monoisotopic (exact) mass is 641 g/mol. The number of rotatable bonds is 6. The lowest BCUT2D eigenvalue weighted by molar-refractivity contribution is 0.563. The van der Waals surface area contributed by atoms with Crippen LogP contribution in [-0.4, -0.2) is 17.5 Å². The summed E-state index contributed by atoms with van der Waals surface area (Å²) in [4.78, 5) is 13.4. The Hall–Kier alpha value is -5.41. The van der Waals surface area contributed by atoms with Crippen molar-refractivity contribution in [1.82, 2.24) is 4.98 Å². The number of benzene rings is 4. The summed E-state index contributed by atoms with van der Waals surface area (Å²) in [5.41, 5.74) is 13.6. The first-order valence-electron chi connectivity index (χ1n) is 17.2. The molecule has 3 heteroatoms. The van der Waals surface area contributed by atoms with E-state index in [0.29, 0.717) is 0 Å². The molecular weight excluding hydrogens is 595 g/mol. The maximum atomic E-state index is 4.67. The predicted octanol–water partition coefficient (Wildman–Crippen LogP) is 11.6. The first-order chi connectivity index (χ1) is 23.8. The zero-order chi connectivity index (χ0) is 35.0. The van der Waals surface area contributed by atoms with Crippen LogP contribution in [0.4, 0.5) is 0 Å². The van der Waals surface area contributed by atoms with Crippen LogP contribution < -0.4 is 0 Å². The number of aliphatic imine (C=N–C) groups is 2. The molecule has 2 aliphatic carbocycles. The number of fused-ring (bicyclic) bond motifs is 9. The lowest BCUT2D eigenvalue weighted by Gasteiger charge is -2.46. The molecule has 7 rings (SSSR count). The fraction of sp³-hybridized carbons (Fsp3) is 0.196. The number of aromatic nitrogens is 1. The van der Waals surface area contributed by atoms with Gasteiger partial charge in [-0.1, -0.05) is 156 Å². The van der Waals surface area contributed by atoms with Gasteiger partial charge in [0.1, 0.15) is 6.34 Å². The Labute approximate surface area is 293 Å². The third kappa shape index (κ3) is 6.29. The molecule has 1 spiro atoms. The maximum Gasteiger partial charge on any atom is 0.110 e. The molecule has 4 aromatic carbocycles. The normalized spacial score (nSPS) is 15.1. The van der Waals surface area contributed by atoms with E-state index in [1.54, 1.807) is 30.9 Å². The molecule has 246 valence electrons. The number of hydrogen-bond acceptors (Lipinski definition) is 2. The van der Waals surface area contributed by atoms with Crippen LogP contribution in [0.2, 0.25) is 0 Å². The van der Waals surface area contributed by atoms with Crippen molar-refractivity contribution in [3.05, 3.63) is 197 Å². The highest BCUT2D eigenvalue weighted by molar-refractivity contribution is 6.00. The van der Waals surface area contributed by atoms with Crippen LogP contribution in [0.1, 0.15) is 92.1 Å². The van der Waals surface area contributed by atoms with E-state index >= 15 is 0 Å². The molecule has 1 atom stereocenters. The molecule has 0 saturated carbocycles. The van der Waals surface area contributed by atoms with E-state index in [2.05, 4.69) is 140 Å². The highest BCUT2D eigenvalue weighted by Crippen LogP contribution is 2.62. The molecule has 0 bridgehead atoms. The summed E-state index contributed by atoms with van der Waals surface area (Å²) in [5, 5.41) is 0. The Kier molecular flexibility index (Phi) is 10.8. The standard InChI is InChI=1S/C37H31N3.C7H10.C2H6/c1-25(26-19-21-38-22-20-26)40-24-39-23-27-11-10-18-34-35(27)28-12-4-5-13-29(28)37(34)32-16-8-6-14-30(32)36(2,3)31-15-7-9-17-33(31)37;1-4-6-7(3)5-2;1-2/h4-25H,1-3H3;4-6H,1-2H2,3H3;1-2H3/b;7-6-;. The fourth-order valence-corrected chi connectivity index (χ4v) is 7.28. The fourth-order valence-electron chi connectivity index (χ4n) is 7.28. The first-order valence-corrected chi connectivity index (χ1v) is 17.2. The molecule has 0 N–H and O–H groups in total. The molecule has 0 saturated heterocycles. The summed E-state index contributed by atoms with van der Waals surface area (Å²) in [5.74, 6) is 0. The van der Waals surface area contributed by atoms with Gasteiger partial charge in [0.2, 0.25) is 0 Å². The van der Waals surface area contributed by atoms with E-state index in [1.165, 1.54) is 44.5 Å². The largest absolute Gasteiger partial charge is 0.266 e. The second-order valence-corrected chi connectivity index (χ2v) is 12.6. The molecule has 0 radical (unpaired) electrons. The van der Waals surface area contributed by atoms with E-state index in [4.69, 9.17) is 0 Å². The molecule has 1 heterocycles. The Morgan fingerprint density at radius 1 is 0.714 bits per heavy atom. The van der Waals surface area contributed by atoms with Crippen molar-refractivity contribution in [3.8, 4) is 11.1 Å². The van der Waals surface area contributed by atoms with Crippen LogP contribution in [0.3, 0.4) is 0 Å². The van der Waals surface area contributed by atoms with Crippen molar-refractivity contribution >= 4 is 12.6 Å². The number of pyridine rings is 1. The van der Waals surface area contributed by atoms with Crippen molar-refractivity contribution in [1.29, 1.82) is 0 Å². The Morgan fingerprint density at radius 2 is 1.27 bits per heavy atom. The molecule has 5 aromatic rings. The van der Waals surface area contributed by atoms with Gasteiger partial charge in [0, 0.05) is 29.6 Å². The molecule has 0 fully saturated rings. The SMILES string of the molecule is C=C/C=C(/C)C=C.CC.CC(N=CN=Cc1cccc2c1-c1ccccc1C21c2ccccc2C(C)(C)c2ccccc21)c1ccncc1. The maximum absolute atomic E-state index is 4.67. The van der Waals surface area contributed by atoms with E-state index in [0.717, 1.165) is 16.7 Å². The summed E-state index contributed by atoms with van der Waals surface area (Å²) < 4.78 is 0. The van der Waals surface area contributed by atoms with Crippen molar-refractivity contribution in [2.45, 2.75) is 58.4 Å². The van der Waals surface area contributed by atoms with Crippen molar-refractivity contribution < 1.29 is 0 Å². The molecule has 49 heavy (non-hydrogen) atoms. The van der Waals surface area contributed by atoms with Crippen LogP contribution in [-0.2, 0) is 10.8 Å². The second-order valence-electron chi connectivity index (χ2n) is 12.6. The van der Waals surface area contributed by atoms with Crippen LogP contribution in [0.15, 0.2) is 162 Å². The quantitative estimate of drug-likeness (QED) is 0.101. The summed E-state index contributed by atoms with van der Waals surface area (Å²) in [7, 11) is 0. The van der Waals surface area contributed by atoms with E-state index in [9.17, 15) is 0 Å². The number of nitrogens with zero attached hydrogens (tertiary/aromatic N) is 3. The molecule has 1 aromatic heterocycles. The van der Waals surface area contributed by atoms with Gasteiger partial charge in [-0.2, -0.15) is 0 Å². The van der Waals surface area contributed by atoms with Gasteiger partial charge in [-0.3, -0.25) is 9.98 Å². The first kappa shape index (κ1) is 34.9. The molecule has 1 unspecified atom stereocenters. The Morgan fingerprint density at radius 3 is 1.84 bits per heavy atom. The lowest BCUT2D eigenvalue weighted by atomic mass is 9.55. The van der Waals surface area contributed by atoms with Gasteiger partial charge in [-0.05, 0) is 76.1 Å². The minimum Gasteiger partial charge on any atom is -0.266 e. The minimum atomic E-state index is -0.386. The van der Waals surface area contributed by atoms with Gasteiger partial charge in [-0.25, -0.2) is 4.99 Å². The summed E-state index contributed by atoms with van der Waals surface area (Å²) in [6.45, 7) is 19.9. The number of allylic oxidation sites excluding steroid dienone is 4. The summed E-state index contributed by atoms with van der Waals surface area (Å²) in [6, 6.07) is 37.6. The Bertz CT molecular complexity index is 1980. The second kappa shape index (κ2) is 15.2. The van der Waals surface area contributed by atoms with Crippen molar-refractivity contribution in [2.24, 2.45) is 9.98 Å². The van der Waals surface area contributed by atoms with Gasteiger partial charge in [0.25, 0.3) is 0 Å². The van der Waals surface area contributed by atoms with Crippen LogP contribution in [0.5, 0.6) is 0 Å². The molecular formula is C46H47N3. The average Bonchev–Trinajstić information content (AvgIpc) is 3.45. The summed E-state index contributed by atoms with van der Waals surface area (Å²) >= 11 is 0. The van der Waals surface area contributed by atoms with Crippen LogP contribution in [0.25, 0.3) is 11.1 Å². The highest BCUT2D eigenvalue weighted by atomic mass is 14.9. The van der Waals surface area contributed by atoms with Gasteiger partial charge in [0.05, 0.1) is 11.5 Å². The van der Waals surface area contributed by atoms with Gasteiger partial charge in [0.15, 0.2) is 0 Å². The van der Waals surface area contributed by atoms with Crippen LogP contribution in [0, 0.1) is 0 Å². The van der Waals surface area contributed by atoms with Gasteiger partial charge in [-0.15, -0.1) is 0 Å². The van der Waals surface area contributed by atoms with Crippen molar-refractivity contribution in [3.63, 3.8) is 0 Å². The minimum absolute atomic E-state index is 0.0178. The predicted molar refractivity (Wildman–Crippen MR) is 210 cm³/mol. The zero-order valence-electron chi connectivity index (χ0n) is 29.7. The third-order valence-corrected chi connectivity index (χ3v) is 9.57. The summed E-state index contributed by atoms with van der Waals surface area (Å²) in [6.07, 6.45) is 12.7. The van der Waals surface area contributed by atoms with Crippen LogP contribution >= 0.6 is 0 Å². The smallest absolute Gasteiger partial charge is 0.110 e. The topological polar surface area (TPSA) is 37.6 Å². The van der Waals surface area contributed by atoms with E-state index < -0.39 is 0 Å². The van der Waals surface area contributed by atoms with E-state index in [1.807, 2.05) is 45.2 Å². The zero-order valence-corrected chi connectivity index (χ0v) is 29.7. The average molecular weight is 642 g/mol. The lowest BCUT2D eigenvalue weighted by Crippen LogP contribution is -2.40.